The molecule has 4 aromatic carbocycles. The predicted molar refractivity (Wildman–Crippen MR) is 238 cm³/mol. The quantitative estimate of drug-likeness (QED) is 0.0191. The van der Waals surface area contributed by atoms with Gasteiger partial charge in [0, 0.05) is 18.6 Å². The summed E-state index contributed by atoms with van der Waals surface area (Å²) >= 11 is 0. The second kappa shape index (κ2) is 25.7. The summed E-state index contributed by atoms with van der Waals surface area (Å²) in [7, 11) is 0. The first-order valence-electron chi connectivity index (χ1n) is 21.7. The van der Waals surface area contributed by atoms with Crippen molar-refractivity contribution in [2.45, 2.75) is 56.7 Å². The Labute approximate surface area is 399 Å². The highest BCUT2D eigenvalue weighted by atomic mass is 16.7. The molecule has 0 bridgehead atoms. The Hall–Kier alpha value is -8.36. The monoisotopic (exact) mass is 966 g/mol. The normalized spacial score (nSPS) is 16.5. The SMILES string of the molecule is C=CC(=O)OCCCCOC(=O)Oc1ccc(C(=O)Oc2ccc(C(=O)O[C@@H]3C[C@H]4OC[C@@H](OC(=O)c5ccc(OC(=O)c6ccc(OC(=O)OCCCCOC(=O)C=C)cc6)cc5)[C@H]4O3)cc2)cc1. The van der Waals surface area contributed by atoms with Gasteiger partial charge in [-0.2, -0.15) is 0 Å². The van der Waals surface area contributed by atoms with Crippen LogP contribution in [0.25, 0.3) is 0 Å². The third-order valence-electron chi connectivity index (χ3n) is 9.96. The molecule has 0 aromatic heterocycles. The van der Waals surface area contributed by atoms with Gasteiger partial charge >= 0.3 is 48.1 Å². The molecule has 0 unspecified atom stereocenters. The number of fused-ring (bicyclic) bond motifs is 1. The molecule has 2 aliphatic rings. The van der Waals surface area contributed by atoms with Crippen LogP contribution in [0.3, 0.4) is 0 Å². The van der Waals surface area contributed by atoms with E-state index in [9.17, 15) is 38.4 Å². The van der Waals surface area contributed by atoms with Crippen molar-refractivity contribution >= 4 is 48.1 Å². The van der Waals surface area contributed by atoms with Gasteiger partial charge in [0.2, 0.25) is 6.29 Å². The number of hydrogen-bond acceptors (Lipinski definition) is 20. The summed E-state index contributed by atoms with van der Waals surface area (Å²) in [5, 5.41) is 0. The van der Waals surface area contributed by atoms with E-state index >= 15 is 0 Å². The van der Waals surface area contributed by atoms with Crippen molar-refractivity contribution < 1.29 is 95.2 Å². The number of ether oxygens (including phenoxy) is 12. The van der Waals surface area contributed by atoms with Gasteiger partial charge in [0.15, 0.2) is 6.10 Å². The number of benzene rings is 4. The van der Waals surface area contributed by atoms with Crippen molar-refractivity contribution in [1.29, 1.82) is 0 Å². The number of hydrogen-bond donors (Lipinski definition) is 0. The smallest absolute Gasteiger partial charge is 0.463 e. The van der Waals surface area contributed by atoms with E-state index in [4.69, 9.17) is 56.8 Å². The van der Waals surface area contributed by atoms with Crippen LogP contribution in [0.5, 0.6) is 23.0 Å². The van der Waals surface area contributed by atoms with Crippen molar-refractivity contribution in [2.75, 3.05) is 33.0 Å². The van der Waals surface area contributed by atoms with Crippen LogP contribution in [0, 0.1) is 0 Å². The molecule has 0 spiro atoms. The molecule has 20 nitrogen and oxygen atoms in total. The molecule has 4 aromatic rings. The van der Waals surface area contributed by atoms with Crippen LogP contribution in [0.2, 0.25) is 0 Å². The molecule has 2 fully saturated rings. The van der Waals surface area contributed by atoms with Crippen LogP contribution < -0.4 is 18.9 Å². The molecule has 2 aliphatic heterocycles. The van der Waals surface area contributed by atoms with E-state index in [1.807, 2.05) is 0 Å². The zero-order valence-corrected chi connectivity index (χ0v) is 37.4. The zero-order chi connectivity index (χ0) is 49.8. The summed E-state index contributed by atoms with van der Waals surface area (Å²) in [6.45, 7) is 7.07. The molecule has 4 atom stereocenters. The van der Waals surface area contributed by atoms with E-state index in [0.717, 1.165) is 12.2 Å². The van der Waals surface area contributed by atoms with Gasteiger partial charge in [-0.3, -0.25) is 0 Å². The minimum atomic E-state index is -1.01. The van der Waals surface area contributed by atoms with Gasteiger partial charge in [-0.25, -0.2) is 38.4 Å². The molecule has 2 heterocycles. The van der Waals surface area contributed by atoms with Gasteiger partial charge in [0.1, 0.15) is 29.1 Å². The van der Waals surface area contributed by atoms with E-state index in [0.29, 0.717) is 25.7 Å². The standard InChI is InChI=1S/C50H46O20/c1-3-41(51)59-25-5-7-27-61-49(57)66-37-21-13-31(14-22-37)45(53)64-35-17-9-33(10-18-35)47(55)68-40-30-63-39-29-43(69-44(39)40)70-48(56)34-11-19-36(20-12-34)65-46(54)32-15-23-38(24-16-32)67-50(58)62-28-8-6-26-60-42(52)4-2/h3-4,9-24,39-40,43-44H,1-2,5-8,25-30H2/t39-,40-,43-,44+/m1/s1. The maximum Gasteiger partial charge on any atom is 0.513 e. The first-order chi connectivity index (χ1) is 33.9. The van der Waals surface area contributed by atoms with Crippen LogP contribution in [0.1, 0.15) is 73.5 Å². The highest BCUT2D eigenvalue weighted by Gasteiger charge is 2.49. The lowest BCUT2D eigenvalue weighted by Gasteiger charge is -2.19. The van der Waals surface area contributed by atoms with Crippen molar-refractivity contribution in [2.24, 2.45) is 0 Å². The van der Waals surface area contributed by atoms with Crippen LogP contribution in [-0.4, -0.2) is 106 Å². The van der Waals surface area contributed by atoms with E-state index in [1.54, 1.807) is 0 Å². The lowest BCUT2D eigenvalue weighted by molar-refractivity contribution is -0.138. The van der Waals surface area contributed by atoms with Crippen LogP contribution >= 0.6 is 0 Å². The molecule has 0 N–H and O–H groups in total. The second-order valence-corrected chi connectivity index (χ2v) is 14.9. The summed E-state index contributed by atoms with van der Waals surface area (Å²) in [5.41, 5.74) is 0.599. The molecule has 70 heavy (non-hydrogen) atoms. The third kappa shape index (κ3) is 15.6. The molecule has 0 radical (unpaired) electrons. The fourth-order valence-corrected chi connectivity index (χ4v) is 6.42. The average molecular weight is 967 g/mol. The minimum Gasteiger partial charge on any atom is -0.463 e. The van der Waals surface area contributed by atoms with E-state index in [2.05, 4.69) is 13.2 Å². The Bertz CT molecular complexity index is 2500. The van der Waals surface area contributed by atoms with Gasteiger partial charge in [0.05, 0.1) is 61.4 Å². The largest absolute Gasteiger partial charge is 0.513 e. The van der Waals surface area contributed by atoms with Crippen molar-refractivity contribution in [3.05, 3.63) is 145 Å². The summed E-state index contributed by atoms with van der Waals surface area (Å²) in [4.78, 5) is 97.5. The maximum absolute atomic E-state index is 13.1. The average Bonchev–Trinajstić information content (AvgIpc) is 3.94. The summed E-state index contributed by atoms with van der Waals surface area (Å²) < 4.78 is 63.6. The third-order valence-corrected chi connectivity index (χ3v) is 9.96. The van der Waals surface area contributed by atoms with Crippen LogP contribution in [0.4, 0.5) is 9.59 Å². The van der Waals surface area contributed by atoms with E-state index in [1.165, 1.54) is 97.1 Å². The second-order valence-electron chi connectivity index (χ2n) is 14.9. The van der Waals surface area contributed by atoms with E-state index < -0.39 is 72.7 Å². The van der Waals surface area contributed by atoms with Gasteiger partial charge in [-0.1, -0.05) is 13.2 Å². The number of unbranched alkanes of at least 4 members (excludes halogenated alkanes) is 2. The number of carbonyl (C=O) groups is 8. The summed E-state index contributed by atoms with van der Waals surface area (Å²) in [5.74, 6) is -3.38. The Morgan fingerprint density at radius 2 is 0.829 bits per heavy atom. The Kier molecular flexibility index (Phi) is 18.7. The van der Waals surface area contributed by atoms with Crippen molar-refractivity contribution in [3.8, 4) is 23.0 Å². The van der Waals surface area contributed by atoms with Crippen LogP contribution in [0.15, 0.2) is 122 Å². The number of rotatable bonds is 22. The number of carbonyl (C=O) groups excluding carboxylic acids is 8. The van der Waals surface area contributed by atoms with E-state index in [-0.39, 0.29) is 84.7 Å². The molecule has 366 valence electrons. The number of esters is 6. The van der Waals surface area contributed by atoms with Gasteiger partial charge in [-0.15, -0.1) is 0 Å². The minimum absolute atomic E-state index is 0.0477. The molecule has 20 heteroatoms. The maximum atomic E-state index is 13.1. The highest BCUT2D eigenvalue weighted by molar-refractivity contribution is 5.93. The van der Waals surface area contributed by atoms with Crippen LogP contribution in [-0.2, 0) is 47.5 Å². The van der Waals surface area contributed by atoms with Crippen molar-refractivity contribution in [1.82, 2.24) is 0 Å². The molecule has 6 rings (SSSR count). The molecule has 0 amide bonds. The zero-order valence-electron chi connectivity index (χ0n) is 37.4. The van der Waals surface area contributed by atoms with Crippen molar-refractivity contribution in [3.63, 3.8) is 0 Å². The first kappa shape index (κ1) is 51.0. The topological polar surface area (TPSA) is 247 Å². The highest BCUT2D eigenvalue weighted by Crippen LogP contribution is 2.34. The summed E-state index contributed by atoms with van der Waals surface area (Å²) in [6, 6.07) is 22.4. The molecular formula is C50H46O20. The first-order valence-corrected chi connectivity index (χ1v) is 21.7. The molecule has 0 saturated carbocycles. The fourth-order valence-electron chi connectivity index (χ4n) is 6.42. The lowest BCUT2D eigenvalue weighted by Crippen LogP contribution is -2.33. The molecular weight excluding hydrogens is 921 g/mol. The predicted octanol–water partition coefficient (Wildman–Crippen LogP) is 7.07. The Morgan fingerprint density at radius 3 is 1.23 bits per heavy atom. The fraction of sp³-hybridized carbons (Fsp3) is 0.280. The van der Waals surface area contributed by atoms with Gasteiger partial charge in [-0.05, 0) is 123 Å². The molecule has 2 saturated heterocycles. The van der Waals surface area contributed by atoms with Gasteiger partial charge in [0.25, 0.3) is 0 Å². The Balaban J connectivity index is 0.874. The molecule has 0 aliphatic carbocycles. The Morgan fingerprint density at radius 1 is 0.471 bits per heavy atom. The summed E-state index contributed by atoms with van der Waals surface area (Å²) in [6.07, 6.45) is -0.805. The lowest BCUT2D eigenvalue weighted by atomic mass is 10.1. The van der Waals surface area contributed by atoms with Gasteiger partial charge < -0.3 is 56.8 Å².